The minimum absolute atomic E-state index is 0.0497. The molecule has 1 heterocycles. The van der Waals surface area contributed by atoms with Gasteiger partial charge >= 0.3 is 5.69 Å². The molecule has 0 fully saturated rings. The molecule has 0 aliphatic rings. The lowest BCUT2D eigenvalue weighted by molar-refractivity contribution is 0.794. The van der Waals surface area contributed by atoms with Gasteiger partial charge in [0.1, 0.15) is 0 Å². The number of fused-ring (bicyclic) bond motifs is 1. The zero-order valence-corrected chi connectivity index (χ0v) is 9.50. The van der Waals surface area contributed by atoms with Gasteiger partial charge in [-0.2, -0.15) is 0 Å². The molecule has 14 heavy (non-hydrogen) atoms. The fourth-order valence-electron chi connectivity index (χ4n) is 1.62. The van der Waals surface area contributed by atoms with Crippen LogP contribution >= 0.6 is 15.9 Å². The van der Waals surface area contributed by atoms with Gasteiger partial charge in [0.2, 0.25) is 0 Å². The Bertz CT molecular complexity index is 567. The number of halogens is 1. The van der Waals surface area contributed by atoms with Gasteiger partial charge in [0.05, 0.1) is 11.0 Å². The highest BCUT2D eigenvalue weighted by molar-refractivity contribution is 9.10. The number of anilines is 1. The number of aryl methyl sites for hydroxylation is 2. The molecule has 0 aliphatic carbocycles. The number of aromatic nitrogens is 2. The number of hydrogen-bond acceptors (Lipinski definition) is 2. The number of rotatable bonds is 0. The molecule has 0 bridgehead atoms. The van der Waals surface area contributed by atoms with Crippen LogP contribution in [0, 0.1) is 0 Å². The largest absolute Gasteiger partial charge is 0.399 e. The fourth-order valence-corrected chi connectivity index (χ4v) is 2.35. The van der Waals surface area contributed by atoms with Gasteiger partial charge in [0, 0.05) is 24.3 Å². The van der Waals surface area contributed by atoms with Crippen molar-refractivity contribution >= 4 is 32.7 Å². The van der Waals surface area contributed by atoms with Crippen LogP contribution in [0.1, 0.15) is 0 Å². The van der Waals surface area contributed by atoms with E-state index in [2.05, 4.69) is 15.9 Å². The van der Waals surface area contributed by atoms with Gasteiger partial charge in [-0.05, 0) is 28.1 Å². The predicted molar refractivity (Wildman–Crippen MR) is 60.3 cm³/mol. The highest BCUT2D eigenvalue weighted by atomic mass is 79.9. The number of hydrogen-bond donors (Lipinski definition) is 1. The third-order valence-corrected chi connectivity index (χ3v) is 2.94. The summed E-state index contributed by atoms with van der Waals surface area (Å²) in [6.07, 6.45) is 0. The van der Waals surface area contributed by atoms with Crippen molar-refractivity contribution in [3.05, 3.63) is 27.1 Å². The van der Waals surface area contributed by atoms with Crippen molar-refractivity contribution in [1.29, 1.82) is 0 Å². The Balaban J connectivity index is 3.10. The van der Waals surface area contributed by atoms with Crippen molar-refractivity contribution < 1.29 is 0 Å². The Morgan fingerprint density at radius 2 is 1.93 bits per heavy atom. The molecule has 0 saturated heterocycles. The summed E-state index contributed by atoms with van der Waals surface area (Å²) in [5.41, 5.74) is 8.00. The normalized spacial score (nSPS) is 11.1. The Labute approximate surface area is 89.1 Å². The van der Waals surface area contributed by atoms with E-state index in [1.807, 2.05) is 0 Å². The van der Waals surface area contributed by atoms with Crippen LogP contribution in [0.15, 0.2) is 21.4 Å². The number of benzene rings is 1. The van der Waals surface area contributed by atoms with Crippen LogP contribution in [0.4, 0.5) is 5.69 Å². The van der Waals surface area contributed by atoms with Gasteiger partial charge in [-0.3, -0.25) is 9.13 Å². The van der Waals surface area contributed by atoms with E-state index >= 15 is 0 Å². The fraction of sp³-hybridized carbons (Fsp3) is 0.222. The van der Waals surface area contributed by atoms with Gasteiger partial charge in [-0.25, -0.2) is 4.79 Å². The first kappa shape index (κ1) is 9.33. The summed E-state index contributed by atoms with van der Waals surface area (Å²) in [5.74, 6) is 0. The number of nitrogen functional groups attached to an aromatic ring is 1. The van der Waals surface area contributed by atoms with E-state index in [-0.39, 0.29) is 5.69 Å². The minimum Gasteiger partial charge on any atom is -0.399 e. The van der Waals surface area contributed by atoms with Gasteiger partial charge < -0.3 is 5.73 Å². The number of nitrogens with zero attached hydrogens (tertiary/aromatic N) is 2. The molecule has 0 spiro atoms. The Morgan fingerprint density at radius 3 is 2.57 bits per heavy atom. The molecule has 1 aromatic carbocycles. The molecule has 0 radical (unpaired) electrons. The Hall–Kier alpha value is -1.23. The molecular formula is C9H10BrN3O. The number of imidazole rings is 1. The first-order valence-corrected chi connectivity index (χ1v) is 4.92. The second-order valence-corrected chi connectivity index (χ2v) is 4.13. The topological polar surface area (TPSA) is 53.0 Å². The molecule has 0 amide bonds. The quantitative estimate of drug-likeness (QED) is 0.720. The summed E-state index contributed by atoms with van der Waals surface area (Å²) in [7, 11) is 3.47. The first-order valence-electron chi connectivity index (χ1n) is 4.13. The Morgan fingerprint density at radius 1 is 1.29 bits per heavy atom. The highest BCUT2D eigenvalue weighted by Crippen LogP contribution is 2.25. The van der Waals surface area contributed by atoms with Gasteiger partial charge in [0.25, 0.3) is 0 Å². The summed E-state index contributed by atoms with van der Waals surface area (Å²) < 4.78 is 4.02. The van der Waals surface area contributed by atoms with Crippen molar-refractivity contribution in [2.75, 3.05) is 5.73 Å². The molecule has 74 valence electrons. The lowest BCUT2D eigenvalue weighted by Gasteiger charge is -1.99. The lowest BCUT2D eigenvalue weighted by atomic mass is 10.3. The van der Waals surface area contributed by atoms with Gasteiger partial charge in [0.15, 0.2) is 0 Å². The minimum atomic E-state index is -0.0497. The molecule has 0 unspecified atom stereocenters. The van der Waals surface area contributed by atoms with Crippen LogP contribution in [-0.2, 0) is 14.1 Å². The maximum Gasteiger partial charge on any atom is 0.328 e. The summed E-state index contributed by atoms with van der Waals surface area (Å²) in [6, 6.07) is 3.59. The van der Waals surface area contributed by atoms with Crippen LogP contribution in [0.2, 0.25) is 0 Å². The van der Waals surface area contributed by atoms with Crippen molar-refractivity contribution in [1.82, 2.24) is 9.13 Å². The monoisotopic (exact) mass is 255 g/mol. The molecule has 2 N–H and O–H groups in total. The average molecular weight is 256 g/mol. The SMILES string of the molecule is Cn1c(=O)n(C)c2c(Br)cc(N)cc21. The molecule has 5 heteroatoms. The number of nitrogens with two attached hydrogens (primary N) is 1. The van der Waals surface area contributed by atoms with Crippen molar-refractivity contribution in [2.24, 2.45) is 14.1 Å². The third kappa shape index (κ3) is 1.09. The first-order chi connectivity index (χ1) is 6.52. The second kappa shape index (κ2) is 2.88. The summed E-state index contributed by atoms with van der Waals surface area (Å²) in [5, 5.41) is 0. The maximum absolute atomic E-state index is 11.6. The van der Waals surface area contributed by atoms with Crippen LogP contribution in [0.25, 0.3) is 11.0 Å². The molecule has 4 nitrogen and oxygen atoms in total. The van der Waals surface area contributed by atoms with E-state index in [0.717, 1.165) is 15.5 Å². The molecule has 0 atom stereocenters. The van der Waals surface area contributed by atoms with Crippen LogP contribution in [-0.4, -0.2) is 9.13 Å². The van der Waals surface area contributed by atoms with Crippen LogP contribution < -0.4 is 11.4 Å². The lowest BCUT2D eigenvalue weighted by Crippen LogP contribution is -2.19. The zero-order chi connectivity index (χ0) is 10.5. The third-order valence-electron chi connectivity index (χ3n) is 2.34. The molecule has 0 saturated carbocycles. The molecule has 0 aliphatic heterocycles. The molecule has 1 aromatic heterocycles. The zero-order valence-electron chi connectivity index (χ0n) is 7.91. The highest BCUT2D eigenvalue weighted by Gasteiger charge is 2.10. The van der Waals surface area contributed by atoms with Crippen molar-refractivity contribution in [3.63, 3.8) is 0 Å². The van der Waals surface area contributed by atoms with E-state index in [4.69, 9.17) is 5.73 Å². The molecular weight excluding hydrogens is 246 g/mol. The second-order valence-electron chi connectivity index (χ2n) is 3.27. The van der Waals surface area contributed by atoms with E-state index in [0.29, 0.717) is 5.69 Å². The average Bonchev–Trinajstić information content (AvgIpc) is 2.31. The van der Waals surface area contributed by atoms with E-state index in [1.54, 1.807) is 35.4 Å². The smallest absolute Gasteiger partial charge is 0.328 e. The maximum atomic E-state index is 11.6. The Kier molecular flexibility index (Phi) is 1.92. The summed E-state index contributed by atoms with van der Waals surface area (Å²) in [6.45, 7) is 0. The van der Waals surface area contributed by atoms with Gasteiger partial charge in [-0.15, -0.1) is 0 Å². The van der Waals surface area contributed by atoms with Crippen LogP contribution in [0.5, 0.6) is 0 Å². The molecule has 2 aromatic rings. The predicted octanol–water partition coefficient (Wildman–Crippen LogP) is 1.22. The van der Waals surface area contributed by atoms with Crippen molar-refractivity contribution in [3.8, 4) is 0 Å². The standard InChI is InChI=1S/C9H10BrN3O/c1-12-7-4-5(11)3-6(10)8(7)13(2)9(12)14/h3-4H,11H2,1-2H3. The van der Waals surface area contributed by atoms with Crippen molar-refractivity contribution in [2.45, 2.75) is 0 Å². The summed E-state index contributed by atoms with van der Waals surface area (Å²) in [4.78, 5) is 11.6. The van der Waals surface area contributed by atoms with Gasteiger partial charge in [-0.1, -0.05) is 0 Å². The van der Waals surface area contributed by atoms with Crippen LogP contribution in [0.3, 0.4) is 0 Å². The summed E-state index contributed by atoms with van der Waals surface area (Å²) >= 11 is 3.39. The van der Waals surface area contributed by atoms with E-state index in [9.17, 15) is 4.79 Å². The molecule has 2 rings (SSSR count). The van der Waals surface area contributed by atoms with E-state index < -0.39 is 0 Å². The van der Waals surface area contributed by atoms with E-state index in [1.165, 1.54) is 0 Å².